The smallest absolute Gasteiger partial charge is 0.302 e. The van der Waals surface area contributed by atoms with Gasteiger partial charge in [0.1, 0.15) is 6.10 Å². The molecule has 0 aromatic rings. The second kappa shape index (κ2) is 5.51. The number of allylic oxidation sites excluding steroid dienone is 3. The third-order valence-electron chi connectivity index (χ3n) is 3.28. The van der Waals surface area contributed by atoms with Gasteiger partial charge in [-0.3, -0.25) is 9.59 Å². The molecule has 0 aliphatic heterocycles. The summed E-state index contributed by atoms with van der Waals surface area (Å²) in [6.45, 7) is 9.26. The molecule has 0 aromatic heterocycles. The van der Waals surface area contributed by atoms with Crippen molar-refractivity contribution in [1.82, 2.24) is 0 Å². The SMILES string of the molecule is CC(=O)C=CC1=C(C)C[C@@H](OC(C)=O)CC1(C)C. The molecule has 3 heteroatoms. The maximum absolute atomic E-state index is 11.0. The number of rotatable bonds is 3. The quantitative estimate of drug-likeness (QED) is 0.570. The average molecular weight is 250 g/mol. The van der Waals surface area contributed by atoms with E-state index in [0.717, 1.165) is 12.8 Å². The third kappa shape index (κ3) is 3.83. The standard InChI is InChI=1S/C15H22O3/c1-10-8-13(18-12(3)17)9-15(4,5)14(10)7-6-11(2)16/h6-7,13H,8-9H2,1-5H3/t13-/m1/s1. The van der Waals surface area contributed by atoms with Crippen LogP contribution in [0.4, 0.5) is 0 Å². The molecule has 0 fully saturated rings. The van der Waals surface area contributed by atoms with Crippen molar-refractivity contribution in [3.8, 4) is 0 Å². The minimum Gasteiger partial charge on any atom is -0.462 e. The average Bonchev–Trinajstić information content (AvgIpc) is 2.12. The first kappa shape index (κ1) is 14.7. The normalized spacial score (nSPS) is 23.3. The van der Waals surface area contributed by atoms with Crippen LogP contribution in [0.2, 0.25) is 0 Å². The second-order valence-corrected chi connectivity index (χ2v) is 5.66. The predicted octanol–water partition coefficient (Wildman–Crippen LogP) is 3.20. The van der Waals surface area contributed by atoms with Gasteiger partial charge < -0.3 is 4.74 Å². The van der Waals surface area contributed by atoms with Crippen molar-refractivity contribution in [2.45, 2.75) is 53.6 Å². The van der Waals surface area contributed by atoms with Gasteiger partial charge in [0.2, 0.25) is 0 Å². The van der Waals surface area contributed by atoms with Crippen LogP contribution in [-0.2, 0) is 14.3 Å². The van der Waals surface area contributed by atoms with E-state index in [9.17, 15) is 9.59 Å². The van der Waals surface area contributed by atoms with Crippen LogP contribution >= 0.6 is 0 Å². The summed E-state index contributed by atoms with van der Waals surface area (Å²) in [5, 5.41) is 0. The molecule has 100 valence electrons. The Balaban J connectivity index is 2.96. The maximum Gasteiger partial charge on any atom is 0.302 e. The van der Waals surface area contributed by atoms with E-state index in [-0.39, 0.29) is 23.3 Å². The number of esters is 1. The van der Waals surface area contributed by atoms with E-state index in [2.05, 4.69) is 13.8 Å². The molecular formula is C15H22O3. The van der Waals surface area contributed by atoms with Gasteiger partial charge in [0.25, 0.3) is 0 Å². The fourth-order valence-corrected chi connectivity index (χ4v) is 2.67. The molecule has 1 aliphatic carbocycles. The molecule has 1 rings (SSSR count). The molecule has 0 saturated carbocycles. The highest BCUT2D eigenvalue weighted by atomic mass is 16.5. The summed E-state index contributed by atoms with van der Waals surface area (Å²) in [5.41, 5.74) is 2.30. The summed E-state index contributed by atoms with van der Waals surface area (Å²) in [6, 6.07) is 0. The summed E-state index contributed by atoms with van der Waals surface area (Å²) >= 11 is 0. The van der Waals surface area contributed by atoms with E-state index in [1.54, 1.807) is 13.0 Å². The van der Waals surface area contributed by atoms with Crippen LogP contribution < -0.4 is 0 Å². The van der Waals surface area contributed by atoms with E-state index < -0.39 is 0 Å². The fourth-order valence-electron chi connectivity index (χ4n) is 2.67. The minimum atomic E-state index is -0.230. The Kier molecular flexibility index (Phi) is 4.49. The first-order valence-corrected chi connectivity index (χ1v) is 6.28. The van der Waals surface area contributed by atoms with Crippen molar-refractivity contribution < 1.29 is 14.3 Å². The molecule has 1 atom stereocenters. The molecule has 0 bridgehead atoms. The zero-order valence-electron chi connectivity index (χ0n) is 11.9. The summed E-state index contributed by atoms with van der Waals surface area (Å²) in [7, 11) is 0. The van der Waals surface area contributed by atoms with Gasteiger partial charge in [0.15, 0.2) is 5.78 Å². The largest absolute Gasteiger partial charge is 0.462 e. The highest BCUT2D eigenvalue weighted by Crippen LogP contribution is 2.41. The van der Waals surface area contributed by atoms with Crippen molar-refractivity contribution in [3.05, 3.63) is 23.3 Å². The van der Waals surface area contributed by atoms with Crippen molar-refractivity contribution >= 4 is 11.8 Å². The summed E-state index contributed by atoms with van der Waals surface area (Å²) in [5.74, 6) is -0.181. The van der Waals surface area contributed by atoms with E-state index in [4.69, 9.17) is 4.74 Å². The first-order valence-electron chi connectivity index (χ1n) is 6.28. The Morgan fingerprint density at radius 2 is 1.94 bits per heavy atom. The van der Waals surface area contributed by atoms with Gasteiger partial charge in [-0.2, -0.15) is 0 Å². The van der Waals surface area contributed by atoms with Crippen LogP contribution in [0.15, 0.2) is 23.3 Å². The van der Waals surface area contributed by atoms with Crippen LogP contribution in [-0.4, -0.2) is 17.9 Å². The van der Waals surface area contributed by atoms with Gasteiger partial charge in [-0.1, -0.05) is 25.5 Å². The molecule has 0 unspecified atom stereocenters. The number of ether oxygens (including phenoxy) is 1. The van der Waals surface area contributed by atoms with Crippen LogP contribution in [0.1, 0.15) is 47.5 Å². The maximum atomic E-state index is 11.0. The molecule has 0 radical (unpaired) electrons. The summed E-state index contributed by atoms with van der Waals surface area (Å²) in [4.78, 5) is 22.1. The van der Waals surface area contributed by atoms with E-state index in [0.29, 0.717) is 0 Å². The lowest BCUT2D eigenvalue weighted by Crippen LogP contribution is -2.31. The van der Waals surface area contributed by atoms with Gasteiger partial charge in [-0.25, -0.2) is 0 Å². The van der Waals surface area contributed by atoms with E-state index >= 15 is 0 Å². The Morgan fingerprint density at radius 3 is 2.39 bits per heavy atom. The minimum absolute atomic E-state index is 0.0491. The topological polar surface area (TPSA) is 43.4 Å². The number of carbonyl (C=O) groups excluding carboxylic acids is 2. The van der Waals surface area contributed by atoms with Gasteiger partial charge in [0, 0.05) is 13.3 Å². The van der Waals surface area contributed by atoms with Crippen LogP contribution in [0.5, 0.6) is 0 Å². The molecule has 0 heterocycles. The number of hydrogen-bond donors (Lipinski definition) is 0. The highest BCUT2D eigenvalue weighted by molar-refractivity contribution is 5.87. The van der Waals surface area contributed by atoms with Crippen molar-refractivity contribution in [2.24, 2.45) is 5.41 Å². The summed E-state index contributed by atoms with van der Waals surface area (Å²) < 4.78 is 5.31. The Bertz CT molecular complexity index is 413. The lowest BCUT2D eigenvalue weighted by Gasteiger charge is -2.37. The lowest BCUT2D eigenvalue weighted by molar-refractivity contribution is -0.147. The van der Waals surface area contributed by atoms with Gasteiger partial charge >= 0.3 is 5.97 Å². The van der Waals surface area contributed by atoms with Gasteiger partial charge in [0.05, 0.1) is 0 Å². The predicted molar refractivity (Wildman–Crippen MR) is 71.1 cm³/mol. The molecule has 18 heavy (non-hydrogen) atoms. The zero-order chi connectivity index (χ0) is 13.9. The Hall–Kier alpha value is -1.38. The molecule has 1 aliphatic rings. The first-order chi connectivity index (χ1) is 8.22. The molecule has 3 nitrogen and oxygen atoms in total. The van der Waals surface area contributed by atoms with Crippen molar-refractivity contribution in [1.29, 1.82) is 0 Å². The number of ketones is 1. The summed E-state index contributed by atoms with van der Waals surface area (Å²) in [6.07, 6.45) is 5.00. The number of hydrogen-bond acceptors (Lipinski definition) is 3. The van der Waals surface area contributed by atoms with Crippen LogP contribution in [0, 0.1) is 5.41 Å². The molecule has 0 saturated heterocycles. The van der Waals surface area contributed by atoms with Crippen LogP contribution in [0.25, 0.3) is 0 Å². The third-order valence-corrected chi connectivity index (χ3v) is 3.28. The monoisotopic (exact) mass is 250 g/mol. The fraction of sp³-hybridized carbons (Fsp3) is 0.600. The zero-order valence-corrected chi connectivity index (χ0v) is 11.9. The van der Waals surface area contributed by atoms with Crippen molar-refractivity contribution in [2.75, 3.05) is 0 Å². The highest BCUT2D eigenvalue weighted by Gasteiger charge is 2.33. The molecule has 0 N–H and O–H groups in total. The van der Waals surface area contributed by atoms with Gasteiger partial charge in [-0.05, 0) is 37.3 Å². The van der Waals surface area contributed by atoms with E-state index in [1.807, 2.05) is 13.0 Å². The molecule has 0 amide bonds. The molecule has 0 spiro atoms. The Morgan fingerprint density at radius 1 is 1.33 bits per heavy atom. The van der Waals surface area contributed by atoms with Crippen molar-refractivity contribution in [3.63, 3.8) is 0 Å². The van der Waals surface area contributed by atoms with Crippen LogP contribution in [0.3, 0.4) is 0 Å². The van der Waals surface area contributed by atoms with E-state index in [1.165, 1.54) is 18.1 Å². The molecule has 0 aromatic carbocycles. The lowest BCUT2D eigenvalue weighted by atomic mass is 9.71. The number of carbonyl (C=O) groups is 2. The van der Waals surface area contributed by atoms with Gasteiger partial charge in [-0.15, -0.1) is 0 Å². The molecular weight excluding hydrogens is 228 g/mol. The second-order valence-electron chi connectivity index (χ2n) is 5.66. The Labute approximate surface area is 109 Å².